The van der Waals surface area contributed by atoms with Gasteiger partial charge in [0.1, 0.15) is 11.5 Å². The second kappa shape index (κ2) is 12.5. The minimum Gasteiger partial charge on any atom is -0.467 e. The molecule has 0 saturated carbocycles. The largest absolute Gasteiger partial charge is 0.467 e. The molecular weight excluding hydrogens is 482 g/mol. The number of pyridine rings is 1. The Morgan fingerprint density at radius 2 is 1.79 bits per heavy atom. The van der Waals surface area contributed by atoms with Crippen LogP contribution in [0.2, 0.25) is 0 Å². The van der Waals surface area contributed by atoms with Gasteiger partial charge in [-0.2, -0.15) is 9.97 Å². The number of nitrogens with zero attached hydrogens (tertiary/aromatic N) is 6. The van der Waals surface area contributed by atoms with Crippen molar-refractivity contribution in [3.63, 3.8) is 0 Å². The number of anilines is 2. The highest BCUT2D eigenvalue weighted by Crippen LogP contribution is 2.27. The molecule has 10 heteroatoms. The molecule has 2 aliphatic heterocycles. The van der Waals surface area contributed by atoms with Gasteiger partial charge in [-0.1, -0.05) is 12.6 Å². The van der Waals surface area contributed by atoms with Crippen molar-refractivity contribution < 1.29 is 14.3 Å². The molecule has 0 bridgehead atoms. The highest BCUT2D eigenvalue weighted by Gasteiger charge is 2.23. The van der Waals surface area contributed by atoms with Gasteiger partial charge in [-0.3, -0.25) is 14.6 Å². The van der Waals surface area contributed by atoms with E-state index >= 15 is 0 Å². The first kappa shape index (κ1) is 27.0. The summed E-state index contributed by atoms with van der Waals surface area (Å²) in [4.78, 5) is 44.1. The fraction of sp³-hybridized carbons (Fsp3) is 0.393. The summed E-state index contributed by atoms with van der Waals surface area (Å²) in [6.45, 7) is 10.3. The average Bonchev–Trinajstić information content (AvgIpc) is 3.45. The van der Waals surface area contributed by atoms with Crippen molar-refractivity contribution in [1.29, 1.82) is 0 Å². The molecule has 1 aromatic carbocycles. The van der Waals surface area contributed by atoms with E-state index in [2.05, 4.69) is 38.8 Å². The lowest BCUT2D eigenvalue weighted by molar-refractivity contribution is -0.126. The van der Waals surface area contributed by atoms with Crippen LogP contribution in [0.4, 0.5) is 11.5 Å². The van der Waals surface area contributed by atoms with Crippen LogP contribution >= 0.6 is 0 Å². The number of rotatable bonds is 5. The molecule has 1 N–H and O–H groups in total. The Morgan fingerprint density at radius 3 is 2.42 bits per heavy atom. The number of hydrogen-bond acceptors (Lipinski definition) is 8. The van der Waals surface area contributed by atoms with Crippen LogP contribution in [-0.4, -0.2) is 90.0 Å². The van der Waals surface area contributed by atoms with Gasteiger partial charge in [0.2, 0.25) is 5.91 Å². The zero-order valence-electron chi connectivity index (χ0n) is 22.3. The molecule has 2 aromatic heterocycles. The van der Waals surface area contributed by atoms with Crippen molar-refractivity contribution >= 4 is 34.2 Å². The fourth-order valence-corrected chi connectivity index (χ4v) is 4.55. The van der Waals surface area contributed by atoms with E-state index in [0.717, 1.165) is 16.5 Å². The van der Waals surface area contributed by atoms with Crippen LogP contribution in [0.15, 0.2) is 49.2 Å². The summed E-state index contributed by atoms with van der Waals surface area (Å²) in [7, 11) is 3.63. The molecule has 0 atom stereocenters. The second-order valence-corrected chi connectivity index (χ2v) is 9.41. The van der Waals surface area contributed by atoms with Crippen LogP contribution in [0.3, 0.4) is 0 Å². The van der Waals surface area contributed by atoms with Crippen molar-refractivity contribution in [2.24, 2.45) is 0 Å². The summed E-state index contributed by atoms with van der Waals surface area (Å²) in [6.07, 6.45) is 5.86. The molecule has 3 aromatic rings. The topological polar surface area (TPSA) is 104 Å². The maximum atomic E-state index is 13.1. The number of carbonyl (C=O) groups excluding carboxylic acids is 2. The quantitative estimate of drug-likeness (QED) is 0.515. The number of hydrogen-bond donors (Lipinski definition) is 1. The van der Waals surface area contributed by atoms with Crippen molar-refractivity contribution in [2.45, 2.75) is 19.8 Å². The summed E-state index contributed by atoms with van der Waals surface area (Å²) in [5, 5.41) is 3.83. The van der Waals surface area contributed by atoms with Crippen molar-refractivity contribution in [3.8, 4) is 6.01 Å². The third kappa shape index (κ3) is 6.44. The number of ether oxygens (including phenoxy) is 1. The number of carbonyl (C=O) groups is 2. The first-order chi connectivity index (χ1) is 18.4. The van der Waals surface area contributed by atoms with E-state index in [4.69, 9.17) is 4.74 Å². The number of aromatic nitrogens is 3. The van der Waals surface area contributed by atoms with Gasteiger partial charge in [-0.15, -0.1) is 0 Å². The molecule has 0 aliphatic carbocycles. The maximum Gasteiger partial charge on any atom is 0.318 e. The minimum absolute atomic E-state index is 0.0927. The zero-order valence-corrected chi connectivity index (χ0v) is 22.3. The van der Waals surface area contributed by atoms with Gasteiger partial charge < -0.3 is 24.8 Å². The molecule has 10 nitrogen and oxygen atoms in total. The van der Waals surface area contributed by atoms with Gasteiger partial charge in [0.25, 0.3) is 5.91 Å². The Balaban J connectivity index is 0.000000494. The predicted molar refractivity (Wildman–Crippen MR) is 149 cm³/mol. The normalized spacial score (nSPS) is 15.6. The first-order valence-corrected chi connectivity index (χ1v) is 12.8. The lowest BCUT2D eigenvalue weighted by atomic mass is 10.1. The number of amides is 2. The smallest absolute Gasteiger partial charge is 0.318 e. The highest BCUT2D eigenvalue weighted by molar-refractivity contribution is 6.08. The van der Waals surface area contributed by atoms with E-state index < -0.39 is 0 Å². The molecule has 2 amide bonds. The molecule has 2 saturated heterocycles. The van der Waals surface area contributed by atoms with Crippen molar-refractivity contribution in [3.05, 3.63) is 60.4 Å². The number of fused-ring (bicyclic) bond motifs is 1. The Kier molecular flexibility index (Phi) is 8.85. The number of likely N-dealkylation sites (tertiary alicyclic amines) is 1. The summed E-state index contributed by atoms with van der Waals surface area (Å²) < 4.78 is 5.24. The van der Waals surface area contributed by atoms with Crippen LogP contribution in [0.1, 0.15) is 28.9 Å². The standard InChI is InChI=1S/C23H24N6O3.C5H11N/c1-4-20(30)29-12-10-28(11-13-29)19-14-18(25-23(26-19)32-3)22(31)27-21-15(2)7-8-17-16(21)6-5-9-24-17;1-6-4-2-3-5-6/h4-9,14H,1,10-13H2,2-3H3,(H,27,31);2-5H2,1H3. The minimum atomic E-state index is -0.369. The highest BCUT2D eigenvalue weighted by atomic mass is 16.5. The number of benzene rings is 1. The molecule has 2 aliphatic rings. The summed E-state index contributed by atoms with van der Waals surface area (Å²) in [5.41, 5.74) is 2.59. The Bertz CT molecular complexity index is 1300. The molecule has 0 unspecified atom stereocenters. The monoisotopic (exact) mass is 517 g/mol. The molecule has 0 radical (unpaired) electrons. The van der Waals surface area contributed by atoms with E-state index in [0.29, 0.717) is 37.7 Å². The number of piperazine rings is 1. The van der Waals surface area contributed by atoms with Gasteiger partial charge in [0, 0.05) is 43.8 Å². The van der Waals surface area contributed by atoms with Gasteiger partial charge in [0.05, 0.1) is 18.3 Å². The molecule has 4 heterocycles. The maximum absolute atomic E-state index is 13.1. The first-order valence-electron chi connectivity index (χ1n) is 12.8. The third-order valence-electron chi connectivity index (χ3n) is 6.76. The van der Waals surface area contributed by atoms with Crippen LogP contribution in [0, 0.1) is 6.92 Å². The molecule has 5 rings (SSSR count). The molecule has 200 valence electrons. The van der Waals surface area contributed by atoms with Gasteiger partial charge in [-0.05, 0) is 69.7 Å². The van der Waals surface area contributed by atoms with Gasteiger partial charge >= 0.3 is 6.01 Å². The summed E-state index contributed by atoms with van der Waals surface area (Å²) in [6, 6.07) is 9.33. The van der Waals surface area contributed by atoms with E-state index in [1.165, 1.54) is 39.1 Å². The average molecular weight is 518 g/mol. The van der Waals surface area contributed by atoms with E-state index in [-0.39, 0.29) is 23.5 Å². The summed E-state index contributed by atoms with van der Waals surface area (Å²) >= 11 is 0. The van der Waals surface area contributed by atoms with Crippen LogP contribution in [0.5, 0.6) is 6.01 Å². The van der Waals surface area contributed by atoms with E-state index in [1.807, 2.05) is 36.1 Å². The number of nitrogens with one attached hydrogen (secondary N) is 1. The predicted octanol–water partition coefficient (Wildman–Crippen LogP) is 3.14. The van der Waals surface area contributed by atoms with E-state index in [9.17, 15) is 9.59 Å². The molecule has 38 heavy (non-hydrogen) atoms. The molecule has 2 fully saturated rings. The lowest BCUT2D eigenvalue weighted by Crippen LogP contribution is -2.48. The van der Waals surface area contributed by atoms with E-state index in [1.54, 1.807) is 17.2 Å². The Morgan fingerprint density at radius 1 is 1.05 bits per heavy atom. The number of methoxy groups -OCH3 is 1. The zero-order chi connectivity index (χ0) is 27.1. The fourth-order valence-electron chi connectivity index (χ4n) is 4.55. The van der Waals surface area contributed by atoms with Crippen LogP contribution in [-0.2, 0) is 4.79 Å². The van der Waals surface area contributed by atoms with Crippen LogP contribution in [0.25, 0.3) is 10.9 Å². The number of aryl methyl sites for hydroxylation is 1. The van der Waals surface area contributed by atoms with Crippen molar-refractivity contribution in [2.75, 3.05) is 63.6 Å². The van der Waals surface area contributed by atoms with Gasteiger partial charge in [-0.25, -0.2) is 0 Å². The summed E-state index contributed by atoms with van der Waals surface area (Å²) in [5.74, 6) is 0.112. The Labute approximate surface area is 223 Å². The third-order valence-corrected chi connectivity index (χ3v) is 6.76. The molecule has 0 spiro atoms. The lowest BCUT2D eigenvalue weighted by Gasteiger charge is -2.35. The molecular formula is C28H35N7O3. The SMILES string of the molecule is C=CC(=O)N1CCN(c2cc(C(=O)Nc3c(C)ccc4ncccc34)nc(OC)n2)CC1.CN1CCCC1. The van der Waals surface area contributed by atoms with Gasteiger partial charge in [0.15, 0.2) is 0 Å². The Hall–Kier alpha value is -4.05. The second-order valence-electron chi connectivity index (χ2n) is 9.41. The van der Waals surface area contributed by atoms with Crippen LogP contribution < -0.4 is 15.0 Å². The van der Waals surface area contributed by atoms with Crippen molar-refractivity contribution in [1.82, 2.24) is 24.8 Å².